The highest BCUT2D eigenvalue weighted by atomic mass is 32.2. The monoisotopic (exact) mass is 528 g/mol. The van der Waals surface area contributed by atoms with Crippen molar-refractivity contribution >= 4 is 23.4 Å². The molecule has 7 nitrogen and oxygen atoms in total. The fourth-order valence-corrected chi connectivity index (χ4v) is 5.46. The molecule has 1 fully saturated rings. The van der Waals surface area contributed by atoms with Crippen molar-refractivity contribution in [3.63, 3.8) is 0 Å². The van der Waals surface area contributed by atoms with Crippen LogP contribution in [0.4, 0.5) is 5.69 Å². The van der Waals surface area contributed by atoms with E-state index in [0.29, 0.717) is 18.3 Å². The molecule has 0 radical (unpaired) electrons. The number of rotatable bonds is 9. The first kappa shape index (κ1) is 26.0. The number of aromatic nitrogens is 2. The van der Waals surface area contributed by atoms with Gasteiger partial charge in [0.15, 0.2) is 0 Å². The van der Waals surface area contributed by atoms with Gasteiger partial charge in [-0.1, -0.05) is 35.5 Å². The predicted octanol–water partition coefficient (Wildman–Crippen LogP) is 6.20. The van der Waals surface area contributed by atoms with Gasteiger partial charge in [0, 0.05) is 27.8 Å². The molecule has 1 aromatic heterocycles. The number of hydrogen-bond acceptors (Lipinski definition) is 7. The fraction of sp³-hybridized carbons (Fsp3) is 0.300. The zero-order valence-electron chi connectivity index (χ0n) is 21.7. The van der Waals surface area contributed by atoms with Crippen LogP contribution in [0.5, 0.6) is 5.75 Å². The lowest BCUT2D eigenvalue weighted by Crippen LogP contribution is -2.37. The van der Waals surface area contributed by atoms with Crippen LogP contribution in [0.2, 0.25) is 0 Å². The largest absolute Gasteiger partial charge is 0.497 e. The third-order valence-electron chi connectivity index (χ3n) is 6.83. The minimum atomic E-state index is -0.00323. The van der Waals surface area contributed by atoms with Crippen molar-refractivity contribution in [3.8, 4) is 17.1 Å². The minimum Gasteiger partial charge on any atom is -0.497 e. The van der Waals surface area contributed by atoms with Gasteiger partial charge in [0.1, 0.15) is 5.75 Å². The van der Waals surface area contributed by atoms with E-state index in [1.165, 1.54) is 10.5 Å². The summed E-state index contributed by atoms with van der Waals surface area (Å²) in [6.07, 6.45) is 1.60. The lowest BCUT2D eigenvalue weighted by molar-refractivity contribution is -0.121. The van der Waals surface area contributed by atoms with Crippen LogP contribution in [-0.4, -0.2) is 41.1 Å². The molecule has 3 aromatic carbocycles. The van der Waals surface area contributed by atoms with Gasteiger partial charge in [-0.2, -0.15) is 4.98 Å². The number of nitrogens with one attached hydrogen (secondary N) is 1. The van der Waals surface area contributed by atoms with E-state index >= 15 is 0 Å². The number of hydrogen-bond donors (Lipinski definition) is 1. The average molecular weight is 529 g/mol. The van der Waals surface area contributed by atoms with Crippen LogP contribution in [-0.2, 0) is 17.1 Å². The van der Waals surface area contributed by atoms with Crippen LogP contribution in [0.3, 0.4) is 0 Å². The Bertz CT molecular complexity index is 1350. The van der Waals surface area contributed by atoms with E-state index in [0.717, 1.165) is 54.2 Å². The average Bonchev–Trinajstić information content (AvgIpc) is 3.42. The number of likely N-dealkylation sites (tertiary alicyclic amines) is 1. The standard InChI is InChI=1S/C30H32N4O3S/c1-21-18-22(20-38-26-6-4-3-5-7-26)8-13-27(21)31-30(35)24-14-16-34(17-15-24)19-28-32-29(33-37-28)23-9-11-25(36-2)12-10-23/h3-13,18,24H,14-17,19-20H2,1-2H3,(H,31,35). The summed E-state index contributed by atoms with van der Waals surface area (Å²) in [6, 6.07) is 24.3. The first-order valence-corrected chi connectivity index (χ1v) is 13.8. The number of carbonyl (C=O) groups excluding carboxylic acids is 1. The molecule has 8 heteroatoms. The first-order chi connectivity index (χ1) is 18.6. The number of carbonyl (C=O) groups is 1. The highest BCUT2D eigenvalue weighted by Crippen LogP contribution is 2.27. The van der Waals surface area contributed by atoms with Crippen molar-refractivity contribution in [3.05, 3.63) is 89.8 Å². The van der Waals surface area contributed by atoms with Crippen molar-refractivity contribution in [2.24, 2.45) is 5.92 Å². The Labute approximate surface area is 227 Å². The molecule has 5 rings (SSSR count). The molecule has 1 aliphatic rings. The van der Waals surface area contributed by atoms with E-state index in [-0.39, 0.29) is 11.8 Å². The van der Waals surface area contributed by atoms with Crippen molar-refractivity contribution in [1.29, 1.82) is 0 Å². The van der Waals surface area contributed by atoms with Gasteiger partial charge in [0.25, 0.3) is 0 Å². The van der Waals surface area contributed by atoms with Crippen molar-refractivity contribution in [1.82, 2.24) is 15.0 Å². The smallest absolute Gasteiger partial charge is 0.241 e. The summed E-state index contributed by atoms with van der Waals surface area (Å²) < 4.78 is 10.7. The number of thioether (sulfide) groups is 1. The zero-order chi connectivity index (χ0) is 26.3. The predicted molar refractivity (Wildman–Crippen MR) is 150 cm³/mol. The highest BCUT2D eigenvalue weighted by Gasteiger charge is 2.26. The number of aryl methyl sites for hydroxylation is 1. The maximum Gasteiger partial charge on any atom is 0.241 e. The third kappa shape index (κ3) is 6.62. The quantitative estimate of drug-likeness (QED) is 0.259. The SMILES string of the molecule is COc1ccc(-c2noc(CN3CCC(C(=O)Nc4ccc(CSc5ccccc5)cc4C)CC3)n2)cc1. The number of nitrogens with zero attached hydrogens (tertiary/aromatic N) is 3. The molecular weight excluding hydrogens is 496 g/mol. The summed E-state index contributed by atoms with van der Waals surface area (Å²) >= 11 is 1.82. The number of amides is 1. The third-order valence-corrected chi connectivity index (χ3v) is 7.91. The Morgan fingerprint density at radius 2 is 1.84 bits per heavy atom. The summed E-state index contributed by atoms with van der Waals surface area (Å²) in [5.41, 5.74) is 4.11. The number of methoxy groups -OCH3 is 1. The van der Waals surface area contributed by atoms with Crippen molar-refractivity contribution in [2.45, 2.75) is 37.0 Å². The molecule has 1 N–H and O–H groups in total. The van der Waals surface area contributed by atoms with E-state index in [4.69, 9.17) is 9.26 Å². The van der Waals surface area contributed by atoms with Gasteiger partial charge >= 0.3 is 0 Å². The van der Waals surface area contributed by atoms with Crippen LogP contribution in [0.1, 0.15) is 29.9 Å². The van der Waals surface area contributed by atoms with E-state index in [1.54, 1.807) is 7.11 Å². The van der Waals surface area contributed by atoms with Gasteiger partial charge in [0.2, 0.25) is 17.6 Å². The molecule has 38 heavy (non-hydrogen) atoms. The summed E-state index contributed by atoms with van der Waals surface area (Å²) in [6.45, 7) is 4.26. The Morgan fingerprint density at radius 1 is 1.08 bits per heavy atom. The summed E-state index contributed by atoms with van der Waals surface area (Å²) in [5, 5.41) is 7.28. The van der Waals surface area contributed by atoms with Crippen LogP contribution in [0.25, 0.3) is 11.4 Å². The van der Waals surface area contributed by atoms with Gasteiger partial charge in [-0.25, -0.2) is 0 Å². The summed E-state index contributed by atoms with van der Waals surface area (Å²) in [7, 11) is 1.64. The van der Waals surface area contributed by atoms with Crippen LogP contribution in [0.15, 0.2) is 82.2 Å². The first-order valence-electron chi connectivity index (χ1n) is 12.8. The second-order valence-electron chi connectivity index (χ2n) is 9.53. The molecule has 0 unspecified atom stereocenters. The summed E-state index contributed by atoms with van der Waals surface area (Å²) in [5.74, 6) is 2.93. The Balaban J connectivity index is 1.09. The van der Waals surface area contributed by atoms with Gasteiger partial charge in [-0.05, 0) is 86.4 Å². The molecule has 2 heterocycles. The van der Waals surface area contributed by atoms with Crippen molar-refractivity contribution in [2.75, 3.05) is 25.5 Å². The van der Waals surface area contributed by atoms with Crippen LogP contribution >= 0.6 is 11.8 Å². The van der Waals surface area contributed by atoms with Crippen LogP contribution < -0.4 is 10.1 Å². The molecule has 1 aliphatic heterocycles. The maximum absolute atomic E-state index is 13.0. The number of piperidine rings is 1. The Hall–Kier alpha value is -3.62. The Morgan fingerprint density at radius 3 is 2.55 bits per heavy atom. The second kappa shape index (κ2) is 12.3. The molecule has 0 bridgehead atoms. The molecule has 0 spiro atoms. The van der Waals surface area contributed by atoms with Crippen molar-refractivity contribution < 1.29 is 14.1 Å². The van der Waals surface area contributed by atoms with Gasteiger partial charge in [-0.15, -0.1) is 11.8 Å². The lowest BCUT2D eigenvalue weighted by Gasteiger charge is -2.30. The molecule has 196 valence electrons. The van der Waals surface area contributed by atoms with E-state index in [2.05, 4.69) is 63.7 Å². The fourth-order valence-electron chi connectivity index (χ4n) is 4.59. The van der Waals surface area contributed by atoms with Gasteiger partial charge in [-0.3, -0.25) is 9.69 Å². The number of ether oxygens (including phenoxy) is 1. The molecule has 4 aromatic rings. The van der Waals surface area contributed by atoms with Gasteiger partial charge < -0.3 is 14.6 Å². The second-order valence-corrected chi connectivity index (χ2v) is 10.6. The molecular formula is C30H32N4O3S. The molecule has 1 saturated heterocycles. The zero-order valence-corrected chi connectivity index (χ0v) is 22.5. The Kier molecular flexibility index (Phi) is 8.41. The molecule has 1 amide bonds. The number of anilines is 1. The van der Waals surface area contributed by atoms with E-state index < -0.39 is 0 Å². The number of benzene rings is 3. The molecule has 0 aliphatic carbocycles. The highest BCUT2D eigenvalue weighted by molar-refractivity contribution is 7.98. The van der Waals surface area contributed by atoms with Crippen LogP contribution in [0, 0.1) is 12.8 Å². The molecule has 0 saturated carbocycles. The van der Waals surface area contributed by atoms with E-state index in [1.807, 2.05) is 48.2 Å². The maximum atomic E-state index is 13.0. The topological polar surface area (TPSA) is 80.5 Å². The summed E-state index contributed by atoms with van der Waals surface area (Å²) in [4.78, 5) is 21.1. The molecule has 0 atom stereocenters. The normalized spacial score (nSPS) is 14.4. The van der Waals surface area contributed by atoms with Gasteiger partial charge in [0.05, 0.1) is 13.7 Å². The minimum absolute atomic E-state index is 0.00323. The lowest BCUT2D eigenvalue weighted by atomic mass is 9.95. The van der Waals surface area contributed by atoms with E-state index in [9.17, 15) is 4.79 Å².